The van der Waals surface area contributed by atoms with Gasteiger partial charge in [-0.15, -0.1) is 0 Å². The van der Waals surface area contributed by atoms with Gasteiger partial charge in [-0.2, -0.15) is 0 Å². The molecule has 0 spiro atoms. The van der Waals surface area contributed by atoms with E-state index in [-0.39, 0.29) is 17.6 Å². The minimum absolute atomic E-state index is 0.221. The summed E-state index contributed by atoms with van der Waals surface area (Å²) in [5.74, 6) is -0.391. The summed E-state index contributed by atoms with van der Waals surface area (Å²) in [4.78, 5) is 17.4. The minimum Gasteiger partial charge on any atom is -0.456 e. The molecule has 0 radical (unpaired) electrons. The number of carbonyl (C=O) groups excluding carboxylic acids is 1. The fourth-order valence-electron chi connectivity index (χ4n) is 2.75. The Morgan fingerprint density at radius 1 is 0.852 bits per heavy atom. The summed E-state index contributed by atoms with van der Waals surface area (Å²) >= 11 is 0. The first-order valence-electron chi connectivity index (χ1n) is 9.44. The van der Waals surface area contributed by atoms with E-state index in [0.29, 0.717) is 5.71 Å². The number of nitrogens with zero attached hydrogens (tertiary/aromatic N) is 1. The Hall–Kier alpha value is -2.42. The SMILES string of the molecule is CC(C)(C)Cc1ccc(C(=NC(C)(C)C)C(=O)OCc2ccccc2)cc1. The van der Waals surface area contributed by atoms with Gasteiger partial charge in [0.25, 0.3) is 0 Å². The Morgan fingerprint density at radius 3 is 1.96 bits per heavy atom. The monoisotopic (exact) mass is 365 g/mol. The average Bonchev–Trinajstić information content (AvgIpc) is 2.57. The molecule has 3 heteroatoms. The molecule has 0 aliphatic carbocycles. The van der Waals surface area contributed by atoms with Crippen LogP contribution in [-0.4, -0.2) is 17.2 Å². The number of aliphatic imine (C=N–C) groups is 1. The maximum Gasteiger partial charge on any atom is 0.357 e. The highest BCUT2D eigenvalue weighted by molar-refractivity contribution is 6.43. The van der Waals surface area contributed by atoms with E-state index in [1.807, 2.05) is 63.2 Å². The van der Waals surface area contributed by atoms with Gasteiger partial charge in [-0.25, -0.2) is 4.79 Å². The third-order valence-electron chi connectivity index (χ3n) is 3.82. The molecule has 2 aromatic rings. The number of ether oxygens (including phenoxy) is 1. The van der Waals surface area contributed by atoms with Crippen LogP contribution in [0.2, 0.25) is 0 Å². The molecule has 0 amide bonds. The number of benzene rings is 2. The van der Waals surface area contributed by atoms with Crippen LogP contribution >= 0.6 is 0 Å². The molecule has 0 aliphatic rings. The molecule has 3 nitrogen and oxygen atoms in total. The molecule has 27 heavy (non-hydrogen) atoms. The molecule has 0 atom stereocenters. The quantitative estimate of drug-likeness (QED) is 0.510. The summed E-state index contributed by atoms with van der Waals surface area (Å²) in [6.07, 6.45) is 0.984. The van der Waals surface area contributed by atoms with Gasteiger partial charge in [-0.05, 0) is 43.7 Å². The maximum absolute atomic E-state index is 12.8. The summed E-state index contributed by atoms with van der Waals surface area (Å²) < 4.78 is 5.53. The van der Waals surface area contributed by atoms with Gasteiger partial charge in [0.2, 0.25) is 0 Å². The van der Waals surface area contributed by atoms with Crippen LogP contribution in [0.5, 0.6) is 0 Å². The van der Waals surface area contributed by atoms with Crippen LogP contribution in [-0.2, 0) is 22.6 Å². The Balaban J connectivity index is 2.21. The lowest BCUT2D eigenvalue weighted by atomic mass is 9.88. The first kappa shape index (κ1) is 20.9. The fourth-order valence-corrected chi connectivity index (χ4v) is 2.75. The van der Waals surface area contributed by atoms with Crippen molar-refractivity contribution in [2.75, 3.05) is 0 Å². The predicted octanol–water partition coefficient (Wildman–Crippen LogP) is 5.61. The summed E-state index contributed by atoms with van der Waals surface area (Å²) in [7, 11) is 0. The molecule has 2 rings (SSSR count). The van der Waals surface area contributed by atoms with Gasteiger partial charge in [-0.3, -0.25) is 4.99 Å². The third-order valence-corrected chi connectivity index (χ3v) is 3.82. The van der Waals surface area contributed by atoms with Crippen LogP contribution in [0.4, 0.5) is 0 Å². The zero-order valence-corrected chi connectivity index (χ0v) is 17.4. The molecule has 0 N–H and O–H groups in total. The maximum atomic E-state index is 12.8. The lowest BCUT2D eigenvalue weighted by molar-refractivity contribution is -0.136. The van der Waals surface area contributed by atoms with Crippen molar-refractivity contribution in [3.63, 3.8) is 0 Å². The number of rotatable bonds is 5. The molecule has 144 valence electrons. The van der Waals surface area contributed by atoms with E-state index in [0.717, 1.165) is 17.5 Å². The van der Waals surface area contributed by atoms with Crippen molar-refractivity contribution >= 4 is 11.7 Å². The van der Waals surface area contributed by atoms with Crippen LogP contribution in [0.15, 0.2) is 59.6 Å². The van der Waals surface area contributed by atoms with E-state index in [1.165, 1.54) is 5.56 Å². The molecule has 0 heterocycles. The normalized spacial score (nSPS) is 12.7. The molecule has 0 aliphatic heterocycles. The minimum atomic E-state index is -0.391. The number of carbonyl (C=O) groups is 1. The topological polar surface area (TPSA) is 38.7 Å². The molecule has 0 bridgehead atoms. The van der Waals surface area contributed by atoms with Gasteiger partial charge in [-0.1, -0.05) is 75.4 Å². The number of hydrogen-bond acceptors (Lipinski definition) is 3. The Kier molecular flexibility index (Phi) is 6.59. The highest BCUT2D eigenvalue weighted by atomic mass is 16.5. The predicted molar refractivity (Wildman–Crippen MR) is 112 cm³/mol. The van der Waals surface area contributed by atoms with Gasteiger partial charge < -0.3 is 4.74 Å². The van der Waals surface area contributed by atoms with Crippen molar-refractivity contribution < 1.29 is 9.53 Å². The van der Waals surface area contributed by atoms with Gasteiger partial charge in [0.15, 0.2) is 5.71 Å². The Morgan fingerprint density at radius 2 is 1.44 bits per heavy atom. The standard InChI is InChI=1S/C24H31NO2/c1-23(2,3)16-18-12-14-20(15-13-18)21(25-24(4,5)6)22(26)27-17-19-10-8-7-9-11-19/h7-15H,16-17H2,1-6H3. The van der Waals surface area contributed by atoms with Gasteiger partial charge >= 0.3 is 5.97 Å². The molecule has 0 saturated carbocycles. The van der Waals surface area contributed by atoms with E-state index in [4.69, 9.17) is 4.74 Å². The lowest BCUT2D eigenvalue weighted by Gasteiger charge is -2.19. The zero-order valence-electron chi connectivity index (χ0n) is 17.4. The Labute approximate surface area is 163 Å². The summed E-state index contributed by atoms with van der Waals surface area (Å²) in [5.41, 5.74) is 3.23. The van der Waals surface area contributed by atoms with Crippen molar-refractivity contribution in [2.45, 2.75) is 60.1 Å². The van der Waals surface area contributed by atoms with Crippen molar-refractivity contribution in [3.05, 3.63) is 71.3 Å². The van der Waals surface area contributed by atoms with Crippen LogP contribution < -0.4 is 0 Å². The average molecular weight is 366 g/mol. The lowest BCUT2D eigenvalue weighted by Crippen LogP contribution is -2.24. The third kappa shape index (κ3) is 7.38. The van der Waals surface area contributed by atoms with E-state index < -0.39 is 5.97 Å². The second-order valence-electron chi connectivity index (χ2n) is 9.13. The van der Waals surface area contributed by atoms with Crippen LogP contribution in [0, 0.1) is 5.41 Å². The second kappa shape index (κ2) is 8.51. The molecular weight excluding hydrogens is 334 g/mol. The highest BCUT2D eigenvalue weighted by Gasteiger charge is 2.20. The van der Waals surface area contributed by atoms with Gasteiger partial charge in [0.05, 0.1) is 5.54 Å². The van der Waals surface area contributed by atoms with E-state index in [2.05, 4.69) is 37.9 Å². The summed E-state index contributed by atoms with van der Waals surface area (Å²) in [6.45, 7) is 12.8. The van der Waals surface area contributed by atoms with E-state index >= 15 is 0 Å². The van der Waals surface area contributed by atoms with E-state index in [9.17, 15) is 4.79 Å². The highest BCUT2D eigenvalue weighted by Crippen LogP contribution is 2.21. The number of hydrogen-bond donors (Lipinski definition) is 0. The van der Waals surface area contributed by atoms with Crippen molar-refractivity contribution in [1.82, 2.24) is 0 Å². The summed E-state index contributed by atoms with van der Waals surface area (Å²) in [6, 6.07) is 17.8. The van der Waals surface area contributed by atoms with Gasteiger partial charge in [0.1, 0.15) is 6.61 Å². The van der Waals surface area contributed by atoms with E-state index in [1.54, 1.807) is 0 Å². The van der Waals surface area contributed by atoms with Crippen LogP contribution in [0.25, 0.3) is 0 Å². The zero-order chi connectivity index (χ0) is 20.1. The van der Waals surface area contributed by atoms with Gasteiger partial charge in [0, 0.05) is 5.56 Å². The second-order valence-corrected chi connectivity index (χ2v) is 9.13. The van der Waals surface area contributed by atoms with Crippen LogP contribution in [0.3, 0.4) is 0 Å². The molecule has 0 aromatic heterocycles. The Bertz CT molecular complexity index is 776. The molecule has 0 saturated heterocycles. The summed E-state index contributed by atoms with van der Waals surface area (Å²) in [5, 5.41) is 0. The molecule has 0 unspecified atom stereocenters. The number of esters is 1. The molecular formula is C24H31NO2. The van der Waals surface area contributed by atoms with Crippen molar-refractivity contribution in [3.8, 4) is 0 Å². The van der Waals surface area contributed by atoms with Crippen molar-refractivity contribution in [1.29, 1.82) is 0 Å². The van der Waals surface area contributed by atoms with Crippen LogP contribution in [0.1, 0.15) is 58.2 Å². The molecule has 2 aromatic carbocycles. The van der Waals surface area contributed by atoms with Crippen molar-refractivity contribution in [2.24, 2.45) is 10.4 Å². The first-order chi connectivity index (χ1) is 12.5. The molecule has 0 fully saturated rings. The fraction of sp³-hybridized carbons (Fsp3) is 0.417. The largest absolute Gasteiger partial charge is 0.456 e. The first-order valence-corrected chi connectivity index (χ1v) is 9.44. The smallest absolute Gasteiger partial charge is 0.357 e.